The molecular weight excluding hydrogens is 338 g/mol. The Morgan fingerprint density at radius 3 is 2.08 bits per heavy atom. The minimum Gasteiger partial charge on any atom is -0.854 e. The summed E-state index contributed by atoms with van der Waals surface area (Å²) in [4.78, 5) is 0. The van der Waals surface area contributed by atoms with Crippen LogP contribution in [0.5, 0.6) is 0 Å². The van der Waals surface area contributed by atoms with E-state index in [-0.39, 0.29) is 12.1 Å². The number of hydrazone groups is 1. The van der Waals surface area contributed by atoms with Gasteiger partial charge in [0.25, 0.3) is 0 Å². The fourth-order valence-electron chi connectivity index (χ4n) is 2.33. The van der Waals surface area contributed by atoms with Crippen molar-refractivity contribution in [2.24, 2.45) is 5.10 Å². The number of alkyl halides is 6. The van der Waals surface area contributed by atoms with E-state index in [0.29, 0.717) is 18.6 Å². The van der Waals surface area contributed by atoms with Gasteiger partial charge in [-0.1, -0.05) is 4.68 Å². The molecule has 0 saturated heterocycles. The molecule has 9 heteroatoms. The third-order valence-corrected chi connectivity index (χ3v) is 3.63. The summed E-state index contributed by atoms with van der Waals surface area (Å²) < 4.78 is 78.1. The SMILES string of the molecule is CC1CCCC=[N+]1/N=C(\[O-])c1cc(C(F)(F)F)cc(C(F)(F)F)c1. The maximum absolute atomic E-state index is 12.8. The summed E-state index contributed by atoms with van der Waals surface area (Å²) in [6.07, 6.45) is -6.16. The second kappa shape index (κ2) is 6.45. The molecule has 1 aliphatic rings. The summed E-state index contributed by atoms with van der Waals surface area (Å²) in [7, 11) is 0. The van der Waals surface area contributed by atoms with Gasteiger partial charge in [0.05, 0.1) is 17.0 Å². The van der Waals surface area contributed by atoms with Gasteiger partial charge in [0.2, 0.25) is 0 Å². The molecule has 0 aliphatic carbocycles. The van der Waals surface area contributed by atoms with Gasteiger partial charge >= 0.3 is 12.4 Å². The normalized spacial score (nSPS) is 20.0. The first-order valence-corrected chi connectivity index (χ1v) is 7.15. The van der Waals surface area contributed by atoms with Gasteiger partial charge in [0.1, 0.15) is 0 Å². The van der Waals surface area contributed by atoms with Crippen molar-refractivity contribution in [1.82, 2.24) is 0 Å². The molecule has 132 valence electrons. The van der Waals surface area contributed by atoms with Crippen LogP contribution in [-0.4, -0.2) is 22.8 Å². The van der Waals surface area contributed by atoms with E-state index in [1.54, 1.807) is 13.1 Å². The number of halogens is 6. The summed E-state index contributed by atoms with van der Waals surface area (Å²) >= 11 is 0. The molecule has 0 N–H and O–H groups in total. The number of hydrogen-bond donors (Lipinski definition) is 0. The highest BCUT2D eigenvalue weighted by molar-refractivity contribution is 5.90. The molecule has 2 rings (SSSR count). The van der Waals surface area contributed by atoms with Crippen LogP contribution in [0.25, 0.3) is 0 Å². The Hall–Kier alpha value is -2.06. The Morgan fingerprint density at radius 1 is 1.08 bits per heavy atom. The molecular formula is C15H14F6N2O. The molecule has 1 heterocycles. The highest BCUT2D eigenvalue weighted by Gasteiger charge is 2.37. The largest absolute Gasteiger partial charge is 0.854 e. The molecule has 1 atom stereocenters. The van der Waals surface area contributed by atoms with Gasteiger partial charge in [-0.25, -0.2) is 0 Å². The topological polar surface area (TPSA) is 38.4 Å². The van der Waals surface area contributed by atoms with Gasteiger partial charge < -0.3 is 5.11 Å². The highest BCUT2D eigenvalue weighted by atomic mass is 19.4. The van der Waals surface area contributed by atoms with E-state index in [1.165, 1.54) is 4.68 Å². The smallest absolute Gasteiger partial charge is 0.416 e. The highest BCUT2D eigenvalue weighted by Crippen LogP contribution is 2.36. The monoisotopic (exact) mass is 352 g/mol. The van der Waals surface area contributed by atoms with Crippen LogP contribution in [-0.2, 0) is 12.4 Å². The van der Waals surface area contributed by atoms with E-state index in [4.69, 9.17) is 0 Å². The lowest BCUT2D eigenvalue weighted by Crippen LogP contribution is -2.29. The summed E-state index contributed by atoms with van der Waals surface area (Å²) in [6.45, 7) is 1.76. The van der Waals surface area contributed by atoms with Crippen LogP contribution in [0, 0.1) is 0 Å². The maximum atomic E-state index is 12.8. The van der Waals surface area contributed by atoms with Gasteiger partial charge in [-0.2, -0.15) is 26.3 Å². The van der Waals surface area contributed by atoms with Gasteiger partial charge in [0, 0.05) is 19.8 Å². The molecule has 1 aromatic rings. The lowest BCUT2D eigenvalue weighted by Gasteiger charge is -2.17. The molecule has 1 unspecified atom stereocenters. The van der Waals surface area contributed by atoms with E-state index in [1.807, 2.05) is 0 Å². The van der Waals surface area contributed by atoms with E-state index >= 15 is 0 Å². The van der Waals surface area contributed by atoms with Crippen molar-refractivity contribution in [3.8, 4) is 0 Å². The second-order valence-electron chi connectivity index (χ2n) is 5.54. The molecule has 0 radical (unpaired) electrons. The summed E-state index contributed by atoms with van der Waals surface area (Å²) in [5.41, 5.74) is -3.82. The quantitative estimate of drug-likeness (QED) is 0.348. The van der Waals surface area contributed by atoms with Crippen LogP contribution in [0.4, 0.5) is 26.3 Å². The number of hydrogen-bond acceptors (Lipinski definition) is 2. The van der Waals surface area contributed by atoms with Crippen LogP contribution in [0.2, 0.25) is 0 Å². The summed E-state index contributed by atoms with van der Waals surface area (Å²) in [5.74, 6) is -1.14. The van der Waals surface area contributed by atoms with Crippen LogP contribution in [0.15, 0.2) is 23.3 Å². The molecule has 24 heavy (non-hydrogen) atoms. The van der Waals surface area contributed by atoms with Gasteiger partial charge in [-0.15, -0.1) is 0 Å². The molecule has 3 nitrogen and oxygen atoms in total. The zero-order valence-corrected chi connectivity index (χ0v) is 12.6. The predicted molar refractivity (Wildman–Crippen MR) is 72.6 cm³/mol. The predicted octanol–water partition coefficient (Wildman–Crippen LogP) is 3.40. The van der Waals surface area contributed by atoms with Gasteiger partial charge in [0.15, 0.2) is 12.3 Å². The molecule has 0 bridgehead atoms. The Balaban J connectivity index is 2.50. The summed E-state index contributed by atoms with van der Waals surface area (Å²) in [6, 6.07) is 0.605. The van der Waals surface area contributed by atoms with E-state index in [0.717, 1.165) is 12.8 Å². The molecule has 1 aliphatic heterocycles. The van der Waals surface area contributed by atoms with Crippen molar-refractivity contribution in [3.05, 3.63) is 34.9 Å². The molecule has 0 fully saturated rings. The Morgan fingerprint density at radius 2 is 1.62 bits per heavy atom. The zero-order valence-electron chi connectivity index (χ0n) is 12.6. The van der Waals surface area contributed by atoms with E-state index in [2.05, 4.69) is 5.10 Å². The number of nitrogens with zero attached hydrogens (tertiary/aromatic N) is 2. The lowest BCUT2D eigenvalue weighted by molar-refractivity contribution is -0.572. The maximum Gasteiger partial charge on any atom is 0.416 e. The Kier molecular flexibility index (Phi) is 4.91. The standard InChI is InChI=1S/C15H14F6N2O/c1-9-4-2-3-5-23(9)22-13(24)10-6-11(14(16,17)18)8-12(7-10)15(19,20)21/h5-9H,2-4H2,1H3. The minimum absolute atomic E-state index is 0.0214. The first-order chi connectivity index (χ1) is 11.0. The number of benzene rings is 1. The van der Waals surface area contributed by atoms with E-state index in [9.17, 15) is 31.4 Å². The van der Waals surface area contributed by atoms with Gasteiger partial charge in [-0.05, 0) is 35.3 Å². The van der Waals surface area contributed by atoms with E-state index < -0.39 is 34.9 Å². The van der Waals surface area contributed by atoms with Crippen molar-refractivity contribution in [2.45, 2.75) is 44.6 Å². The molecule has 1 aromatic carbocycles. The van der Waals surface area contributed by atoms with Crippen LogP contribution in [0.3, 0.4) is 0 Å². The Bertz CT molecular complexity index is 643. The third-order valence-electron chi connectivity index (χ3n) is 3.63. The fourth-order valence-corrected chi connectivity index (χ4v) is 2.33. The lowest BCUT2D eigenvalue weighted by atomic mass is 10.0. The summed E-state index contributed by atoms with van der Waals surface area (Å²) in [5, 5.41) is 15.7. The second-order valence-corrected chi connectivity index (χ2v) is 5.54. The molecule has 0 aromatic heterocycles. The average molecular weight is 352 g/mol. The van der Waals surface area contributed by atoms with Gasteiger partial charge in [-0.3, -0.25) is 0 Å². The van der Waals surface area contributed by atoms with Crippen molar-refractivity contribution >= 4 is 12.1 Å². The van der Waals surface area contributed by atoms with Crippen LogP contribution in [0.1, 0.15) is 42.9 Å². The first kappa shape index (κ1) is 18.3. The fraction of sp³-hybridized carbons (Fsp3) is 0.467. The number of rotatable bonds is 2. The van der Waals surface area contributed by atoms with Crippen molar-refractivity contribution in [1.29, 1.82) is 0 Å². The van der Waals surface area contributed by atoms with Crippen molar-refractivity contribution < 1.29 is 36.1 Å². The van der Waals surface area contributed by atoms with Crippen LogP contribution < -0.4 is 5.11 Å². The van der Waals surface area contributed by atoms with Crippen molar-refractivity contribution in [2.75, 3.05) is 0 Å². The minimum atomic E-state index is -5.00. The first-order valence-electron chi connectivity index (χ1n) is 7.15. The molecule has 0 saturated carbocycles. The average Bonchev–Trinajstić information content (AvgIpc) is 2.47. The third kappa shape index (κ3) is 4.27. The van der Waals surface area contributed by atoms with Crippen molar-refractivity contribution in [3.63, 3.8) is 0 Å². The molecule has 0 amide bonds. The molecule has 0 spiro atoms. The zero-order chi connectivity index (χ0) is 18.1. The van der Waals surface area contributed by atoms with Crippen LogP contribution >= 0.6 is 0 Å². The Labute approximate surface area is 133 Å².